The van der Waals surface area contributed by atoms with Crippen molar-refractivity contribution in [2.45, 2.75) is 58.2 Å². The van der Waals surface area contributed by atoms with Gasteiger partial charge in [0.1, 0.15) is 6.23 Å². The fourth-order valence-corrected chi connectivity index (χ4v) is 2.85. The Morgan fingerprint density at radius 1 is 1.35 bits per heavy atom. The molecule has 98 valence electrons. The number of nitrogens with zero attached hydrogens (tertiary/aromatic N) is 2. The van der Waals surface area contributed by atoms with Crippen LogP contribution < -0.4 is 5.32 Å². The molecule has 17 heavy (non-hydrogen) atoms. The minimum absolute atomic E-state index is 0.517. The van der Waals surface area contributed by atoms with Gasteiger partial charge in [-0.25, -0.2) is 0 Å². The third kappa shape index (κ3) is 3.35. The summed E-state index contributed by atoms with van der Waals surface area (Å²) in [5.74, 6) is 1.78. The summed E-state index contributed by atoms with van der Waals surface area (Å²) >= 11 is 0. The number of aliphatic imine (C=N–C) groups is 1. The minimum atomic E-state index is -0.517. The van der Waals surface area contributed by atoms with E-state index in [-0.39, 0.29) is 0 Å². The van der Waals surface area contributed by atoms with Crippen LogP contribution in [0.2, 0.25) is 0 Å². The monoisotopic (exact) mass is 239 g/mol. The summed E-state index contributed by atoms with van der Waals surface area (Å²) in [6.45, 7) is 6.06. The minimum Gasteiger partial charge on any atom is -0.374 e. The van der Waals surface area contributed by atoms with Crippen LogP contribution in [0, 0.1) is 5.92 Å². The predicted octanol–water partition coefficient (Wildman–Crippen LogP) is 1.55. The second-order valence-electron chi connectivity index (χ2n) is 5.49. The maximum Gasteiger partial charge on any atom is 0.196 e. The molecular weight excluding hydrogens is 214 g/mol. The molecule has 0 aromatic heterocycles. The van der Waals surface area contributed by atoms with Crippen molar-refractivity contribution in [3.63, 3.8) is 0 Å². The van der Waals surface area contributed by atoms with Crippen LogP contribution in [0.1, 0.15) is 46.0 Å². The van der Waals surface area contributed by atoms with Crippen molar-refractivity contribution in [2.75, 3.05) is 13.1 Å². The maximum absolute atomic E-state index is 9.44. The number of hydrogen-bond donors (Lipinski definition) is 2. The zero-order chi connectivity index (χ0) is 12.3. The Hall–Kier alpha value is -0.770. The van der Waals surface area contributed by atoms with Crippen LogP contribution >= 0.6 is 0 Å². The summed E-state index contributed by atoms with van der Waals surface area (Å²) in [7, 11) is 0. The lowest BCUT2D eigenvalue weighted by Crippen LogP contribution is -2.52. The molecule has 1 atom stereocenters. The molecule has 1 aliphatic heterocycles. The van der Waals surface area contributed by atoms with E-state index in [0.717, 1.165) is 31.4 Å². The summed E-state index contributed by atoms with van der Waals surface area (Å²) in [4.78, 5) is 6.89. The SMILES string of the molecule is CC1CCC(N2CCCN=C2NC(C)O)CC1. The van der Waals surface area contributed by atoms with E-state index in [9.17, 15) is 5.11 Å². The van der Waals surface area contributed by atoms with Gasteiger partial charge in [-0.15, -0.1) is 0 Å². The molecule has 1 unspecified atom stereocenters. The molecule has 4 heteroatoms. The average Bonchev–Trinajstić information content (AvgIpc) is 2.30. The van der Waals surface area contributed by atoms with Crippen LogP contribution in [-0.2, 0) is 0 Å². The molecule has 0 radical (unpaired) electrons. The van der Waals surface area contributed by atoms with Gasteiger partial charge in [0.05, 0.1) is 0 Å². The molecule has 0 bridgehead atoms. The number of aliphatic hydroxyl groups excluding tert-OH is 1. The van der Waals surface area contributed by atoms with Crippen LogP contribution in [0.25, 0.3) is 0 Å². The summed E-state index contributed by atoms with van der Waals surface area (Å²) in [5, 5.41) is 12.5. The highest BCUT2D eigenvalue weighted by Crippen LogP contribution is 2.27. The van der Waals surface area contributed by atoms with E-state index in [4.69, 9.17) is 0 Å². The molecular formula is C13H25N3O. The molecule has 2 aliphatic rings. The summed E-state index contributed by atoms with van der Waals surface area (Å²) in [6.07, 6.45) is 5.80. The first-order chi connectivity index (χ1) is 8.16. The number of aliphatic hydroxyl groups is 1. The second-order valence-corrected chi connectivity index (χ2v) is 5.49. The van der Waals surface area contributed by atoms with Gasteiger partial charge in [-0.1, -0.05) is 6.92 Å². The molecule has 0 aromatic carbocycles. The number of nitrogens with one attached hydrogen (secondary N) is 1. The van der Waals surface area contributed by atoms with Crippen LogP contribution in [-0.4, -0.2) is 41.3 Å². The fourth-order valence-electron chi connectivity index (χ4n) is 2.85. The summed E-state index contributed by atoms with van der Waals surface area (Å²) in [5.41, 5.74) is 0. The lowest BCUT2D eigenvalue weighted by Gasteiger charge is -2.40. The Morgan fingerprint density at radius 2 is 2.06 bits per heavy atom. The molecule has 4 nitrogen and oxygen atoms in total. The van der Waals surface area contributed by atoms with E-state index in [2.05, 4.69) is 22.1 Å². The van der Waals surface area contributed by atoms with Gasteiger partial charge in [-0.2, -0.15) is 0 Å². The highest BCUT2D eigenvalue weighted by Gasteiger charge is 2.27. The van der Waals surface area contributed by atoms with E-state index in [0.29, 0.717) is 6.04 Å². The van der Waals surface area contributed by atoms with Crippen LogP contribution in [0.15, 0.2) is 4.99 Å². The molecule has 2 N–H and O–H groups in total. The lowest BCUT2D eigenvalue weighted by molar-refractivity contribution is 0.157. The quantitative estimate of drug-likeness (QED) is 0.719. The lowest BCUT2D eigenvalue weighted by atomic mass is 9.86. The zero-order valence-electron chi connectivity index (χ0n) is 11.0. The Labute approximate surface area is 104 Å². The van der Waals surface area contributed by atoms with Gasteiger partial charge >= 0.3 is 0 Å². The van der Waals surface area contributed by atoms with Crippen molar-refractivity contribution in [2.24, 2.45) is 10.9 Å². The standard InChI is InChI=1S/C13H25N3O/c1-10-4-6-12(7-5-10)16-9-3-8-14-13(16)15-11(2)17/h10-12,17H,3-9H2,1-2H3,(H,14,15). The number of hydrogen-bond acceptors (Lipinski definition) is 4. The van der Waals surface area contributed by atoms with Gasteiger partial charge in [0.25, 0.3) is 0 Å². The second kappa shape index (κ2) is 5.71. The van der Waals surface area contributed by atoms with Crippen molar-refractivity contribution < 1.29 is 5.11 Å². The van der Waals surface area contributed by atoms with Gasteiger partial charge in [0, 0.05) is 19.1 Å². The predicted molar refractivity (Wildman–Crippen MR) is 69.9 cm³/mol. The Kier molecular flexibility index (Phi) is 4.26. The van der Waals surface area contributed by atoms with E-state index < -0.39 is 6.23 Å². The average molecular weight is 239 g/mol. The first-order valence-corrected chi connectivity index (χ1v) is 6.92. The van der Waals surface area contributed by atoms with Crippen LogP contribution in [0.5, 0.6) is 0 Å². The van der Waals surface area contributed by atoms with Gasteiger partial charge in [0.2, 0.25) is 0 Å². The van der Waals surface area contributed by atoms with Crippen molar-refractivity contribution in [1.29, 1.82) is 0 Å². The van der Waals surface area contributed by atoms with Gasteiger partial charge in [0.15, 0.2) is 5.96 Å². The summed E-state index contributed by atoms with van der Waals surface area (Å²) < 4.78 is 0. The van der Waals surface area contributed by atoms with Crippen molar-refractivity contribution in [1.82, 2.24) is 10.2 Å². The van der Waals surface area contributed by atoms with E-state index in [1.54, 1.807) is 6.92 Å². The molecule has 2 rings (SSSR count). The van der Waals surface area contributed by atoms with Crippen molar-refractivity contribution >= 4 is 5.96 Å². The van der Waals surface area contributed by atoms with E-state index in [1.807, 2.05) is 0 Å². The first-order valence-electron chi connectivity index (χ1n) is 6.92. The van der Waals surface area contributed by atoms with Crippen LogP contribution in [0.4, 0.5) is 0 Å². The zero-order valence-corrected chi connectivity index (χ0v) is 11.0. The largest absolute Gasteiger partial charge is 0.374 e. The highest BCUT2D eigenvalue weighted by atomic mass is 16.3. The molecule has 0 spiro atoms. The smallest absolute Gasteiger partial charge is 0.196 e. The fraction of sp³-hybridized carbons (Fsp3) is 0.923. The van der Waals surface area contributed by atoms with E-state index >= 15 is 0 Å². The molecule has 1 fully saturated rings. The Morgan fingerprint density at radius 3 is 2.71 bits per heavy atom. The summed E-state index contributed by atoms with van der Waals surface area (Å²) in [6, 6.07) is 0.622. The highest BCUT2D eigenvalue weighted by molar-refractivity contribution is 5.81. The van der Waals surface area contributed by atoms with Gasteiger partial charge < -0.3 is 15.3 Å². The van der Waals surface area contributed by atoms with Gasteiger partial charge in [-0.3, -0.25) is 4.99 Å². The molecule has 1 heterocycles. The first kappa shape index (κ1) is 12.7. The van der Waals surface area contributed by atoms with Gasteiger partial charge in [-0.05, 0) is 44.9 Å². The van der Waals surface area contributed by atoms with Crippen molar-refractivity contribution in [3.05, 3.63) is 0 Å². The molecule has 1 aliphatic carbocycles. The molecule has 0 amide bonds. The topological polar surface area (TPSA) is 47.9 Å². The third-order valence-electron chi connectivity index (χ3n) is 3.85. The maximum atomic E-state index is 9.44. The molecule has 1 saturated carbocycles. The number of rotatable bonds is 2. The van der Waals surface area contributed by atoms with E-state index in [1.165, 1.54) is 25.7 Å². The Bertz CT molecular complexity index is 270. The van der Waals surface area contributed by atoms with Crippen LogP contribution in [0.3, 0.4) is 0 Å². The third-order valence-corrected chi connectivity index (χ3v) is 3.85. The number of guanidine groups is 1. The normalized spacial score (nSPS) is 31.9. The van der Waals surface area contributed by atoms with Crippen molar-refractivity contribution in [3.8, 4) is 0 Å². The molecule has 0 saturated heterocycles. The molecule has 0 aromatic rings. The Balaban J connectivity index is 1.97.